The quantitative estimate of drug-likeness (QED) is 0.277. The number of carbonyl (C=O) groups excluding carboxylic acids is 1. The first kappa shape index (κ1) is 21.6. The van der Waals surface area contributed by atoms with Crippen LogP contribution in [-0.2, 0) is 11.2 Å². The predicted molar refractivity (Wildman–Crippen MR) is 109 cm³/mol. The van der Waals surface area contributed by atoms with Crippen LogP contribution in [-0.4, -0.2) is 79.2 Å². The van der Waals surface area contributed by atoms with E-state index in [-0.39, 0.29) is 23.8 Å². The molecule has 0 saturated carbocycles. The second kappa shape index (κ2) is 10.1. The van der Waals surface area contributed by atoms with Crippen molar-refractivity contribution < 1.29 is 24.4 Å². The minimum Gasteiger partial charge on any atom is -0.534 e. The van der Waals surface area contributed by atoms with Crippen molar-refractivity contribution in [2.45, 2.75) is 25.2 Å². The zero-order valence-corrected chi connectivity index (χ0v) is 16.5. The molecule has 1 saturated heterocycles. The summed E-state index contributed by atoms with van der Waals surface area (Å²) in [7, 11) is -1.29. The standard InChI is InChI=1S/C19H29BN4O5/c21-6-7-22-11-13-4-8-24(9-5-13)12-17(25)23-16-10-14-2-1-3-15(19(26)27)18(14)29-20(16)28/h1-3,13,16,22,28H,4-12,21H2,(H,23,25)(H,26,27). The van der Waals surface area contributed by atoms with E-state index in [1.54, 1.807) is 12.1 Å². The first-order chi connectivity index (χ1) is 14.0. The molecule has 6 N–H and O–H groups in total. The minimum absolute atomic E-state index is 0.00940. The van der Waals surface area contributed by atoms with Gasteiger partial charge in [0.1, 0.15) is 5.75 Å². The number of hydrogen-bond donors (Lipinski definition) is 5. The number of nitrogens with one attached hydrogen (secondary N) is 2. The summed E-state index contributed by atoms with van der Waals surface area (Å²) in [6.45, 7) is 4.41. The molecule has 0 aliphatic carbocycles. The van der Waals surface area contributed by atoms with Crippen LogP contribution in [0.15, 0.2) is 18.2 Å². The smallest absolute Gasteiger partial charge is 0.534 e. The van der Waals surface area contributed by atoms with Gasteiger partial charge in [0.25, 0.3) is 0 Å². The molecule has 2 aliphatic heterocycles. The Kier molecular flexibility index (Phi) is 7.48. The first-order valence-corrected chi connectivity index (χ1v) is 10.1. The van der Waals surface area contributed by atoms with Crippen LogP contribution in [0.4, 0.5) is 0 Å². The number of aromatic carboxylic acids is 1. The van der Waals surface area contributed by atoms with E-state index in [0.717, 1.165) is 39.0 Å². The zero-order valence-electron chi connectivity index (χ0n) is 16.5. The maximum Gasteiger partial charge on any atom is 0.547 e. The Morgan fingerprint density at radius 1 is 1.31 bits per heavy atom. The summed E-state index contributed by atoms with van der Waals surface area (Å²) in [5, 5.41) is 25.7. The molecule has 0 radical (unpaired) electrons. The number of carboxylic acids is 1. The van der Waals surface area contributed by atoms with Crippen LogP contribution in [0.2, 0.25) is 0 Å². The fraction of sp³-hybridized carbons (Fsp3) is 0.579. The molecule has 158 valence electrons. The summed E-state index contributed by atoms with van der Waals surface area (Å²) in [4.78, 5) is 25.9. The molecule has 1 atom stereocenters. The summed E-state index contributed by atoms with van der Waals surface area (Å²) in [5.41, 5.74) is 6.15. The Morgan fingerprint density at radius 2 is 2.07 bits per heavy atom. The predicted octanol–water partition coefficient (Wildman–Crippen LogP) is -0.915. The van der Waals surface area contributed by atoms with E-state index >= 15 is 0 Å². The van der Waals surface area contributed by atoms with Crippen molar-refractivity contribution in [2.75, 3.05) is 39.3 Å². The van der Waals surface area contributed by atoms with E-state index in [0.29, 0.717) is 24.4 Å². The number of hydrogen-bond acceptors (Lipinski definition) is 7. The van der Waals surface area contributed by atoms with Gasteiger partial charge in [-0.25, -0.2) is 4.79 Å². The maximum absolute atomic E-state index is 12.5. The second-order valence-corrected chi connectivity index (χ2v) is 7.70. The lowest BCUT2D eigenvalue weighted by molar-refractivity contribution is -0.123. The normalized spacial score (nSPS) is 20.1. The molecule has 1 fully saturated rings. The van der Waals surface area contributed by atoms with Crippen molar-refractivity contribution in [2.24, 2.45) is 11.7 Å². The highest BCUT2D eigenvalue weighted by Gasteiger charge is 2.38. The number of nitrogens with zero attached hydrogens (tertiary/aromatic N) is 1. The van der Waals surface area contributed by atoms with Gasteiger partial charge in [-0.1, -0.05) is 12.1 Å². The van der Waals surface area contributed by atoms with Gasteiger partial charge in [-0.15, -0.1) is 0 Å². The highest BCUT2D eigenvalue weighted by molar-refractivity contribution is 6.47. The van der Waals surface area contributed by atoms with Crippen molar-refractivity contribution in [3.05, 3.63) is 29.3 Å². The Bertz CT molecular complexity index is 727. The SMILES string of the molecule is NCCNCC1CCN(CC(=O)NC2Cc3cccc(C(=O)O)c3OB2O)CC1. The molecule has 2 aliphatic rings. The van der Waals surface area contributed by atoms with Crippen LogP contribution < -0.4 is 21.0 Å². The first-order valence-electron chi connectivity index (χ1n) is 10.1. The third-order valence-electron chi connectivity index (χ3n) is 5.52. The molecule has 1 aromatic rings. The van der Waals surface area contributed by atoms with Crippen molar-refractivity contribution >= 4 is 19.0 Å². The molecule has 0 aromatic heterocycles. The number of piperidine rings is 1. The third kappa shape index (κ3) is 5.69. The molecule has 29 heavy (non-hydrogen) atoms. The molecule has 0 spiro atoms. The number of benzene rings is 1. The largest absolute Gasteiger partial charge is 0.547 e. The summed E-state index contributed by atoms with van der Waals surface area (Å²) < 4.78 is 5.42. The molecule has 1 aromatic carbocycles. The van der Waals surface area contributed by atoms with Gasteiger partial charge in [0, 0.05) is 13.1 Å². The lowest BCUT2D eigenvalue weighted by atomic mass is 9.72. The minimum atomic E-state index is -1.29. The number of amides is 1. The van der Waals surface area contributed by atoms with E-state index in [2.05, 4.69) is 15.5 Å². The fourth-order valence-corrected chi connectivity index (χ4v) is 3.93. The number of nitrogens with two attached hydrogens (primary N) is 1. The molecule has 10 heteroatoms. The average molecular weight is 404 g/mol. The Labute approximate surface area is 170 Å². The van der Waals surface area contributed by atoms with Crippen LogP contribution in [0.1, 0.15) is 28.8 Å². The monoisotopic (exact) mass is 404 g/mol. The van der Waals surface area contributed by atoms with Crippen LogP contribution in [0.5, 0.6) is 5.75 Å². The van der Waals surface area contributed by atoms with Gasteiger partial charge < -0.3 is 31.2 Å². The number of likely N-dealkylation sites (tertiary alicyclic amines) is 1. The molecular formula is C19H29BN4O5. The van der Waals surface area contributed by atoms with E-state index in [1.807, 2.05) is 0 Å². The number of carbonyl (C=O) groups is 2. The Morgan fingerprint density at radius 3 is 2.76 bits per heavy atom. The van der Waals surface area contributed by atoms with Crippen LogP contribution in [0.25, 0.3) is 0 Å². The van der Waals surface area contributed by atoms with E-state index in [1.165, 1.54) is 6.07 Å². The van der Waals surface area contributed by atoms with Gasteiger partial charge in [0.2, 0.25) is 5.91 Å². The second-order valence-electron chi connectivity index (χ2n) is 7.70. The van der Waals surface area contributed by atoms with Gasteiger partial charge in [-0.2, -0.15) is 0 Å². The number of carboxylic acid groups (broad SMARTS) is 1. The summed E-state index contributed by atoms with van der Waals surface area (Å²) in [6.07, 6.45) is 2.38. The highest BCUT2D eigenvalue weighted by atomic mass is 16.5. The number of para-hydroxylation sites is 1. The molecule has 2 heterocycles. The molecule has 1 amide bonds. The maximum atomic E-state index is 12.5. The number of fused-ring (bicyclic) bond motifs is 1. The summed E-state index contributed by atoms with van der Waals surface area (Å²) in [5.74, 6) is -1.12. The summed E-state index contributed by atoms with van der Waals surface area (Å²) >= 11 is 0. The molecule has 9 nitrogen and oxygen atoms in total. The van der Waals surface area contributed by atoms with Gasteiger partial charge in [-0.05, 0) is 56.4 Å². The van der Waals surface area contributed by atoms with Gasteiger partial charge in [-0.3, -0.25) is 9.69 Å². The van der Waals surface area contributed by atoms with Gasteiger partial charge >= 0.3 is 13.1 Å². The third-order valence-corrected chi connectivity index (χ3v) is 5.52. The van der Waals surface area contributed by atoms with Crippen molar-refractivity contribution in [3.63, 3.8) is 0 Å². The Balaban J connectivity index is 1.48. The zero-order chi connectivity index (χ0) is 20.8. The van der Waals surface area contributed by atoms with Crippen molar-refractivity contribution in [1.82, 2.24) is 15.5 Å². The van der Waals surface area contributed by atoms with Crippen LogP contribution in [0, 0.1) is 5.92 Å². The summed E-state index contributed by atoms with van der Waals surface area (Å²) in [6, 6.07) is 4.81. The molecular weight excluding hydrogens is 375 g/mol. The lowest BCUT2D eigenvalue weighted by Crippen LogP contribution is -2.55. The van der Waals surface area contributed by atoms with E-state index < -0.39 is 19.0 Å². The molecule has 0 bridgehead atoms. The molecule has 3 rings (SSSR count). The Hall–Kier alpha value is -2.14. The van der Waals surface area contributed by atoms with Crippen LogP contribution in [0.3, 0.4) is 0 Å². The van der Waals surface area contributed by atoms with Crippen LogP contribution >= 0.6 is 0 Å². The topological polar surface area (TPSA) is 137 Å². The fourth-order valence-electron chi connectivity index (χ4n) is 3.93. The highest BCUT2D eigenvalue weighted by Crippen LogP contribution is 2.30. The van der Waals surface area contributed by atoms with Crippen molar-refractivity contribution in [3.8, 4) is 5.75 Å². The van der Waals surface area contributed by atoms with Gasteiger partial charge in [0.05, 0.1) is 18.0 Å². The van der Waals surface area contributed by atoms with Gasteiger partial charge in [0.15, 0.2) is 0 Å². The molecule has 1 unspecified atom stereocenters. The van der Waals surface area contributed by atoms with E-state index in [4.69, 9.17) is 10.4 Å². The van der Waals surface area contributed by atoms with Crippen molar-refractivity contribution in [1.29, 1.82) is 0 Å². The number of rotatable bonds is 8. The van der Waals surface area contributed by atoms with E-state index in [9.17, 15) is 19.7 Å². The average Bonchev–Trinajstić information content (AvgIpc) is 2.69. The lowest BCUT2D eigenvalue weighted by Gasteiger charge is -2.33.